The normalized spacial score (nSPS) is 25.7. The van der Waals surface area contributed by atoms with Crippen LogP contribution in [0.25, 0.3) is 0 Å². The molecule has 1 aromatic heterocycles. The highest BCUT2D eigenvalue weighted by Gasteiger charge is 2.31. The maximum Gasteiger partial charge on any atom is 0.209 e. The monoisotopic (exact) mass is 209 g/mol. The zero-order chi connectivity index (χ0) is 10.8. The molecule has 1 saturated heterocycles. The van der Waals surface area contributed by atoms with Gasteiger partial charge in [0.1, 0.15) is 11.8 Å². The van der Waals surface area contributed by atoms with E-state index in [1.165, 1.54) is 0 Å². The molecule has 0 bridgehead atoms. The zero-order valence-corrected chi connectivity index (χ0v) is 8.72. The van der Waals surface area contributed by atoms with E-state index in [4.69, 9.17) is 10.5 Å². The van der Waals surface area contributed by atoms with E-state index in [0.717, 1.165) is 12.8 Å². The predicted molar refractivity (Wildman–Crippen MR) is 54.5 cm³/mol. The molecule has 0 radical (unpaired) electrons. The smallest absolute Gasteiger partial charge is 0.209 e. The number of aryl methyl sites for hydroxylation is 1. The van der Waals surface area contributed by atoms with E-state index < -0.39 is 0 Å². The highest BCUT2D eigenvalue weighted by Crippen LogP contribution is 2.21. The summed E-state index contributed by atoms with van der Waals surface area (Å²) >= 11 is 0. The molecule has 0 aromatic carbocycles. The van der Waals surface area contributed by atoms with Gasteiger partial charge >= 0.3 is 0 Å². The summed E-state index contributed by atoms with van der Waals surface area (Å²) in [4.78, 5) is 12.0. The van der Waals surface area contributed by atoms with Crippen LogP contribution in [0.15, 0.2) is 12.3 Å². The van der Waals surface area contributed by atoms with Crippen molar-refractivity contribution in [2.75, 3.05) is 6.54 Å². The number of nitrogens with zero attached hydrogens (tertiary/aromatic N) is 2. The minimum absolute atomic E-state index is 0.00551. The van der Waals surface area contributed by atoms with E-state index in [1.807, 2.05) is 0 Å². The highest BCUT2D eigenvalue weighted by atomic mass is 16.5. The molecule has 2 rings (SSSR count). The SMILES string of the molecule is Cn1nccc1C(=O)C1CCC(CN)O1. The molecule has 15 heavy (non-hydrogen) atoms. The lowest BCUT2D eigenvalue weighted by atomic mass is 10.1. The molecular weight excluding hydrogens is 194 g/mol. The van der Waals surface area contributed by atoms with Crippen molar-refractivity contribution in [2.24, 2.45) is 12.8 Å². The highest BCUT2D eigenvalue weighted by molar-refractivity contribution is 5.98. The standard InChI is InChI=1S/C10H15N3O2/c1-13-8(4-5-12-13)10(14)9-3-2-7(6-11)15-9/h4-5,7,9H,2-3,6,11H2,1H3. The molecule has 1 fully saturated rings. The number of carbonyl (C=O) groups excluding carboxylic acids is 1. The Kier molecular flexibility index (Phi) is 2.83. The predicted octanol–water partition coefficient (Wildman–Crippen LogP) is 0.109. The van der Waals surface area contributed by atoms with Crippen molar-refractivity contribution < 1.29 is 9.53 Å². The molecule has 5 heteroatoms. The van der Waals surface area contributed by atoms with Gasteiger partial charge in [-0.2, -0.15) is 5.10 Å². The molecule has 1 aliphatic rings. The third kappa shape index (κ3) is 1.93. The number of carbonyl (C=O) groups is 1. The number of ether oxygens (including phenoxy) is 1. The Bertz CT molecular complexity index is 361. The molecule has 0 amide bonds. The fourth-order valence-electron chi connectivity index (χ4n) is 1.85. The van der Waals surface area contributed by atoms with Crippen LogP contribution in [-0.4, -0.2) is 34.3 Å². The molecule has 2 N–H and O–H groups in total. The van der Waals surface area contributed by atoms with Gasteiger partial charge in [-0.1, -0.05) is 0 Å². The first-order valence-electron chi connectivity index (χ1n) is 5.10. The Labute approximate surface area is 88.2 Å². The number of ketones is 1. The molecule has 82 valence electrons. The van der Waals surface area contributed by atoms with Crippen LogP contribution in [0.5, 0.6) is 0 Å². The fraction of sp³-hybridized carbons (Fsp3) is 0.600. The van der Waals surface area contributed by atoms with E-state index in [0.29, 0.717) is 12.2 Å². The van der Waals surface area contributed by atoms with Crippen molar-refractivity contribution in [1.29, 1.82) is 0 Å². The van der Waals surface area contributed by atoms with Crippen LogP contribution < -0.4 is 5.73 Å². The fourth-order valence-corrected chi connectivity index (χ4v) is 1.85. The summed E-state index contributed by atoms with van der Waals surface area (Å²) in [6.45, 7) is 0.481. The summed E-state index contributed by atoms with van der Waals surface area (Å²) in [6.07, 6.45) is 2.93. The maximum atomic E-state index is 12.0. The molecule has 5 nitrogen and oxygen atoms in total. The summed E-state index contributed by atoms with van der Waals surface area (Å²) in [6, 6.07) is 1.71. The molecular formula is C10H15N3O2. The quantitative estimate of drug-likeness (QED) is 0.717. The van der Waals surface area contributed by atoms with Gasteiger partial charge in [-0.3, -0.25) is 9.48 Å². The Morgan fingerprint density at radius 3 is 3.07 bits per heavy atom. The van der Waals surface area contributed by atoms with Crippen molar-refractivity contribution in [3.63, 3.8) is 0 Å². The molecule has 2 unspecified atom stereocenters. The topological polar surface area (TPSA) is 70.1 Å². The molecule has 0 saturated carbocycles. The Balaban J connectivity index is 2.07. The number of hydrogen-bond donors (Lipinski definition) is 1. The van der Waals surface area contributed by atoms with Gasteiger partial charge in [-0.25, -0.2) is 0 Å². The van der Waals surface area contributed by atoms with Crippen LogP contribution in [0.2, 0.25) is 0 Å². The number of nitrogens with two attached hydrogens (primary N) is 1. The minimum atomic E-state index is -0.339. The van der Waals surface area contributed by atoms with Crippen molar-refractivity contribution >= 4 is 5.78 Å². The van der Waals surface area contributed by atoms with E-state index >= 15 is 0 Å². The number of Topliss-reactive ketones (excluding diaryl/α,β-unsaturated/α-hetero) is 1. The first-order valence-corrected chi connectivity index (χ1v) is 5.10. The molecule has 1 aromatic rings. The van der Waals surface area contributed by atoms with Crippen molar-refractivity contribution in [3.8, 4) is 0 Å². The van der Waals surface area contributed by atoms with Gasteiger partial charge in [0.05, 0.1) is 6.10 Å². The van der Waals surface area contributed by atoms with Crippen LogP contribution in [0.1, 0.15) is 23.3 Å². The van der Waals surface area contributed by atoms with Gasteiger partial charge in [-0.05, 0) is 18.9 Å². The van der Waals surface area contributed by atoms with Gasteiger partial charge in [0.2, 0.25) is 5.78 Å². The van der Waals surface area contributed by atoms with E-state index in [1.54, 1.807) is 24.0 Å². The third-order valence-corrected chi connectivity index (χ3v) is 2.74. The van der Waals surface area contributed by atoms with Gasteiger partial charge in [0.15, 0.2) is 0 Å². The average Bonchev–Trinajstić information content (AvgIpc) is 2.84. The second-order valence-electron chi connectivity index (χ2n) is 3.76. The summed E-state index contributed by atoms with van der Waals surface area (Å²) in [5, 5.41) is 3.96. The van der Waals surface area contributed by atoms with Crippen LogP contribution in [-0.2, 0) is 11.8 Å². The number of rotatable bonds is 3. The third-order valence-electron chi connectivity index (χ3n) is 2.74. The van der Waals surface area contributed by atoms with Crippen LogP contribution >= 0.6 is 0 Å². The lowest BCUT2D eigenvalue weighted by molar-refractivity contribution is 0.0396. The Morgan fingerprint density at radius 2 is 2.53 bits per heavy atom. The largest absolute Gasteiger partial charge is 0.365 e. The summed E-state index contributed by atoms with van der Waals surface area (Å²) in [5.74, 6) is 0.00551. The minimum Gasteiger partial charge on any atom is -0.365 e. The maximum absolute atomic E-state index is 12.0. The van der Waals surface area contributed by atoms with Gasteiger partial charge in [-0.15, -0.1) is 0 Å². The van der Waals surface area contributed by atoms with Gasteiger partial charge < -0.3 is 10.5 Å². The Hall–Kier alpha value is -1.20. The van der Waals surface area contributed by atoms with Crippen LogP contribution in [0.4, 0.5) is 0 Å². The summed E-state index contributed by atoms with van der Waals surface area (Å²) in [5.41, 5.74) is 6.09. The van der Waals surface area contributed by atoms with Crippen molar-refractivity contribution in [1.82, 2.24) is 9.78 Å². The van der Waals surface area contributed by atoms with E-state index in [2.05, 4.69) is 5.10 Å². The zero-order valence-electron chi connectivity index (χ0n) is 8.72. The lowest BCUT2D eigenvalue weighted by Gasteiger charge is -2.11. The molecule has 1 aliphatic heterocycles. The Morgan fingerprint density at radius 1 is 1.73 bits per heavy atom. The first kappa shape index (κ1) is 10.3. The van der Waals surface area contributed by atoms with Gasteiger partial charge in [0, 0.05) is 19.8 Å². The summed E-state index contributed by atoms with van der Waals surface area (Å²) < 4.78 is 7.11. The van der Waals surface area contributed by atoms with Crippen LogP contribution in [0, 0.1) is 0 Å². The number of hydrogen-bond acceptors (Lipinski definition) is 4. The van der Waals surface area contributed by atoms with E-state index in [-0.39, 0.29) is 18.0 Å². The first-order chi connectivity index (χ1) is 7.22. The molecule has 0 spiro atoms. The summed E-state index contributed by atoms with van der Waals surface area (Å²) in [7, 11) is 1.75. The molecule has 2 atom stereocenters. The lowest BCUT2D eigenvalue weighted by Crippen LogP contribution is -2.26. The second kappa shape index (κ2) is 4.12. The van der Waals surface area contributed by atoms with E-state index in [9.17, 15) is 4.79 Å². The van der Waals surface area contributed by atoms with Crippen molar-refractivity contribution in [2.45, 2.75) is 25.0 Å². The molecule has 2 heterocycles. The number of aromatic nitrogens is 2. The van der Waals surface area contributed by atoms with Crippen molar-refractivity contribution in [3.05, 3.63) is 18.0 Å². The van der Waals surface area contributed by atoms with Gasteiger partial charge in [0.25, 0.3) is 0 Å². The molecule has 0 aliphatic carbocycles. The van der Waals surface area contributed by atoms with Crippen LogP contribution in [0.3, 0.4) is 0 Å². The average molecular weight is 209 g/mol. The second-order valence-corrected chi connectivity index (χ2v) is 3.76.